The van der Waals surface area contributed by atoms with Crippen LogP contribution in [0.4, 0.5) is 0 Å². The van der Waals surface area contributed by atoms with Crippen molar-refractivity contribution >= 4 is 39.5 Å². The van der Waals surface area contributed by atoms with Gasteiger partial charge in [-0.2, -0.15) is 0 Å². The molecule has 0 saturated heterocycles. The number of aliphatic hydroxyl groups is 1. The fourth-order valence-corrected chi connectivity index (χ4v) is 15.6. The number of carbonyl (C=O) groups is 4. The van der Waals surface area contributed by atoms with Gasteiger partial charge in [-0.1, -0.05) is 421 Å². The molecule has 0 rings (SSSR count). The Morgan fingerprint density at radius 2 is 0.440 bits per heavy atom. The van der Waals surface area contributed by atoms with Gasteiger partial charge in [-0.25, -0.2) is 9.13 Å². The molecule has 0 aromatic heterocycles. The molecule has 3 N–H and O–H groups in total. The van der Waals surface area contributed by atoms with Gasteiger partial charge >= 0.3 is 39.5 Å². The first-order valence-electron chi connectivity index (χ1n) is 46.2. The molecule has 17 nitrogen and oxygen atoms in total. The van der Waals surface area contributed by atoms with Crippen molar-refractivity contribution in [2.75, 3.05) is 39.6 Å². The second kappa shape index (κ2) is 78.6. The average Bonchev–Trinajstić information content (AvgIpc) is 0.899. The summed E-state index contributed by atoms with van der Waals surface area (Å²) in [6, 6.07) is 0. The van der Waals surface area contributed by atoms with Crippen molar-refractivity contribution in [3.63, 3.8) is 0 Å². The van der Waals surface area contributed by atoms with Gasteiger partial charge in [0.1, 0.15) is 19.3 Å². The summed E-state index contributed by atoms with van der Waals surface area (Å²) < 4.78 is 69.0. The molecule has 0 aliphatic rings. The molecule has 0 fully saturated rings. The maximum absolute atomic E-state index is 13.2. The lowest BCUT2D eigenvalue weighted by Gasteiger charge is -2.21. The van der Waals surface area contributed by atoms with Crippen LogP contribution >= 0.6 is 15.6 Å². The van der Waals surface area contributed by atoms with Crippen molar-refractivity contribution in [1.82, 2.24) is 0 Å². The van der Waals surface area contributed by atoms with Gasteiger partial charge in [-0.05, 0) is 49.4 Å². The number of hydrogen-bond acceptors (Lipinski definition) is 15. The Labute approximate surface area is 670 Å². The van der Waals surface area contributed by atoms with E-state index < -0.39 is 97.5 Å². The van der Waals surface area contributed by atoms with E-state index in [1.54, 1.807) is 0 Å². The summed E-state index contributed by atoms with van der Waals surface area (Å²) >= 11 is 0. The summed E-state index contributed by atoms with van der Waals surface area (Å²) in [5.41, 5.74) is 0. The zero-order valence-electron chi connectivity index (χ0n) is 72.2. The van der Waals surface area contributed by atoms with Crippen LogP contribution in [-0.2, 0) is 65.4 Å². The molecule has 648 valence electrons. The van der Waals surface area contributed by atoms with Crippen LogP contribution in [0.3, 0.4) is 0 Å². The number of esters is 4. The highest BCUT2D eigenvalue weighted by atomic mass is 31.2. The Bertz CT molecular complexity index is 2110. The molecule has 3 unspecified atom stereocenters. The number of phosphoric acid groups is 2. The molecule has 0 amide bonds. The number of unbranched alkanes of at least 4 members (excludes halogenated alkanes) is 52. The van der Waals surface area contributed by atoms with Gasteiger partial charge in [0.05, 0.1) is 26.4 Å². The quantitative estimate of drug-likeness (QED) is 0.0222. The van der Waals surface area contributed by atoms with Gasteiger partial charge in [-0.3, -0.25) is 37.3 Å². The van der Waals surface area contributed by atoms with E-state index in [0.29, 0.717) is 25.7 Å². The minimum atomic E-state index is -4.97. The summed E-state index contributed by atoms with van der Waals surface area (Å²) in [6.07, 6.45) is 69.4. The molecule has 109 heavy (non-hydrogen) atoms. The van der Waals surface area contributed by atoms with Crippen molar-refractivity contribution < 1.29 is 80.2 Å². The third kappa shape index (κ3) is 82.4. The van der Waals surface area contributed by atoms with Crippen LogP contribution in [0.5, 0.6) is 0 Å². The predicted molar refractivity (Wildman–Crippen MR) is 451 cm³/mol. The van der Waals surface area contributed by atoms with Gasteiger partial charge in [0, 0.05) is 25.7 Å². The van der Waals surface area contributed by atoms with E-state index in [2.05, 4.69) is 55.4 Å². The topological polar surface area (TPSA) is 237 Å². The molecule has 0 aliphatic heterocycles. The first kappa shape index (κ1) is 107. The molecule has 0 radical (unpaired) electrons. The molecule has 0 aromatic rings. The van der Waals surface area contributed by atoms with Crippen molar-refractivity contribution in [2.24, 2.45) is 23.7 Å². The summed E-state index contributed by atoms with van der Waals surface area (Å²) in [5.74, 6) is 1.11. The number of carbonyl (C=O) groups excluding carboxylic acids is 4. The summed E-state index contributed by atoms with van der Waals surface area (Å²) in [7, 11) is -9.94. The second-order valence-electron chi connectivity index (χ2n) is 34.0. The molecule has 0 saturated carbocycles. The SMILES string of the molecule is CCC(C)CCCCCCCCCCCCCCCCCCCCC(=O)O[C@H](COC(=O)CCCCCCCCCCCCCCCCCCC(C)C)COP(=O)(O)OC[C@@H](O)COP(=O)(O)OC[C@@H](COC(=O)CCCCCCCCCCCC(C)C)OC(=O)CCCCCCCCCCCCCCCC(C)C. The Morgan fingerprint density at radius 1 is 0.257 bits per heavy atom. The molecule has 0 heterocycles. The van der Waals surface area contributed by atoms with Crippen LogP contribution in [0.15, 0.2) is 0 Å². The van der Waals surface area contributed by atoms with E-state index in [9.17, 15) is 43.2 Å². The van der Waals surface area contributed by atoms with Crippen LogP contribution in [0.25, 0.3) is 0 Å². The molecule has 0 aliphatic carbocycles. The third-order valence-corrected chi connectivity index (χ3v) is 23.3. The minimum Gasteiger partial charge on any atom is -0.462 e. The van der Waals surface area contributed by atoms with Crippen molar-refractivity contribution in [3.05, 3.63) is 0 Å². The summed E-state index contributed by atoms with van der Waals surface area (Å²) in [5, 5.41) is 10.7. The third-order valence-electron chi connectivity index (χ3n) is 21.4. The highest BCUT2D eigenvalue weighted by molar-refractivity contribution is 7.47. The monoisotopic (exact) mass is 1590 g/mol. The van der Waals surface area contributed by atoms with Gasteiger partial charge < -0.3 is 33.8 Å². The lowest BCUT2D eigenvalue weighted by atomic mass is 9.99. The van der Waals surface area contributed by atoms with Gasteiger partial charge in [-0.15, -0.1) is 0 Å². The molecule has 6 atom stereocenters. The van der Waals surface area contributed by atoms with Crippen LogP contribution in [-0.4, -0.2) is 96.7 Å². The highest BCUT2D eigenvalue weighted by Gasteiger charge is 2.31. The lowest BCUT2D eigenvalue weighted by Crippen LogP contribution is -2.30. The number of ether oxygens (including phenoxy) is 4. The molecule has 0 spiro atoms. The van der Waals surface area contributed by atoms with Gasteiger partial charge in [0.2, 0.25) is 0 Å². The lowest BCUT2D eigenvalue weighted by molar-refractivity contribution is -0.161. The fraction of sp³-hybridized carbons (Fsp3) is 0.956. The maximum atomic E-state index is 13.2. The molecule has 19 heteroatoms. The highest BCUT2D eigenvalue weighted by Crippen LogP contribution is 2.45. The molecule has 0 aromatic carbocycles. The first-order chi connectivity index (χ1) is 52.6. The Balaban J connectivity index is 5.25. The van der Waals surface area contributed by atoms with E-state index in [0.717, 1.165) is 114 Å². The Hall–Kier alpha value is -1.94. The van der Waals surface area contributed by atoms with Crippen molar-refractivity contribution in [2.45, 2.75) is 491 Å². The number of hydrogen-bond donors (Lipinski definition) is 3. The number of aliphatic hydroxyl groups excluding tert-OH is 1. The fourth-order valence-electron chi connectivity index (χ4n) is 14.0. The van der Waals surface area contributed by atoms with Crippen LogP contribution < -0.4 is 0 Å². The van der Waals surface area contributed by atoms with Gasteiger partial charge in [0.25, 0.3) is 0 Å². The van der Waals surface area contributed by atoms with E-state index >= 15 is 0 Å². The zero-order chi connectivity index (χ0) is 80.2. The Morgan fingerprint density at radius 3 is 0.651 bits per heavy atom. The first-order valence-corrected chi connectivity index (χ1v) is 49.2. The maximum Gasteiger partial charge on any atom is 0.472 e. The van der Waals surface area contributed by atoms with E-state index in [1.807, 2.05) is 0 Å². The van der Waals surface area contributed by atoms with E-state index in [1.165, 1.54) is 276 Å². The largest absolute Gasteiger partial charge is 0.472 e. The molecule has 0 bridgehead atoms. The standard InChI is InChI=1S/C90H176O17P2/c1-9-83(8)69-61-53-45-37-29-23-17-12-10-11-13-19-25-31-39-48-56-64-72-89(94)106-85(76-100-87(92)70-62-54-46-38-30-24-18-15-14-16-21-27-34-42-50-58-66-80(2)3)78-104-108(96,97)102-74-84(91)75-103-109(98,99)105-79-86(77-101-88(93)71-63-55-47-41-33-36-44-52-60-68-82(6)7)107-90(95)73-65-57-49-40-32-26-20-22-28-35-43-51-59-67-81(4)5/h80-86,91H,9-79H2,1-8H3,(H,96,97)(H,98,99)/t83?,84-,85-,86-/m1/s1. The summed E-state index contributed by atoms with van der Waals surface area (Å²) in [6.45, 7) is 14.4. The number of rotatable bonds is 87. The second-order valence-corrected chi connectivity index (χ2v) is 36.9. The van der Waals surface area contributed by atoms with Crippen molar-refractivity contribution in [3.8, 4) is 0 Å². The molecular weight excluding hydrogens is 1410 g/mol. The Kier molecular flexibility index (Phi) is 77.2. The molecular formula is C90H176O17P2. The number of phosphoric ester groups is 2. The predicted octanol–water partition coefficient (Wildman–Crippen LogP) is 27.5. The van der Waals surface area contributed by atoms with Crippen LogP contribution in [0, 0.1) is 23.7 Å². The average molecular weight is 1590 g/mol. The van der Waals surface area contributed by atoms with E-state index in [4.69, 9.17) is 37.0 Å². The van der Waals surface area contributed by atoms with Crippen LogP contribution in [0.2, 0.25) is 0 Å². The minimum absolute atomic E-state index is 0.107. The van der Waals surface area contributed by atoms with E-state index in [-0.39, 0.29) is 25.7 Å². The smallest absolute Gasteiger partial charge is 0.462 e. The van der Waals surface area contributed by atoms with Crippen LogP contribution in [0.1, 0.15) is 473 Å². The zero-order valence-corrected chi connectivity index (χ0v) is 74.0. The summed E-state index contributed by atoms with van der Waals surface area (Å²) in [4.78, 5) is 73.4. The normalized spacial score (nSPS) is 14.1. The van der Waals surface area contributed by atoms with Gasteiger partial charge in [0.15, 0.2) is 12.2 Å². The van der Waals surface area contributed by atoms with Crippen molar-refractivity contribution in [1.29, 1.82) is 0 Å².